The predicted molar refractivity (Wildman–Crippen MR) is 86.3 cm³/mol. The molecule has 2 rings (SSSR count). The van der Waals surface area contributed by atoms with Crippen LogP contribution in [0.15, 0.2) is 35.9 Å². The second-order valence-corrected chi connectivity index (χ2v) is 4.78. The topological polar surface area (TPSA) is 93.5 Å². The molecule has 0 atom stereocenters. The quantitative estimate of drug-likeness (QED) is 0.668. The van der Waals surface area contributed by atoms with Crippen LogP contribution >= 0.6 is 12.4 Å². The van der Waals surface area contributed by atoms with Crippen molar-refractivity contribution in [3.63, 3.8) is 0 Å². The zero-order valence-electron chi connectivity index (χ0n) is 12.1. The van der Waals surface area contributed by atoms with Gasteiger partial charge in [-0.05, 0) is 37.2 Å². The van der Waals surface area contributed by atoms with Crippen molar-refractivity contribution in [2.24, 2.45) is 5.73 Å². The Morgan fingerprint density at radius 2 is 2.00 bits per heavy atom. The summed E-state index contributed by atoms with van der Waals surface area (Å²) in [5.41, 5.74) is 6.78. The number of carbonyl (C=O) groups is 2. The fraction of sp³-hybridized carbons (Fsp3) is 0.333. The molecule has 6 nitrogen and oxygen atoms in total. The summed E-state index contributed by atoms with van der Waals surface area (Å²) in [4.78, 5) is 22.6. The number of rotatable bonds is 6. The summed E-state index contributed by atoms with van der Waals surface area (Å²) < 4.78 is 5.13. The highest BCUT2D eigenvalue weighted by molar-refractivity contribution is 5.94. The number of hydrogen-bond donors (Lipinski definition) is 3. The van der Waals surface area contributed by atoms with Gasteiger partial charge in [0.25, 0.3) is 11.8 Å². The fourth-order valence-corrected chi connectivity index (χ4v) is 1.98. The zero-order chi connectivity index (χ0) is 15.1. The van der Waals surface area contributed by atoms with Crippen LogP contribution < -0.4 is 21.1 Å². The van der Waals surface area contributed by atoms with Crippen LogP contribution in [0.3, 0.4) is 0 Å². The molecular formula is C15H20ClN3O3. The third-order valence-electron chi connectivity index (χ3n) is 3.13. The minimum atomic E-state index is -0.535. The number of primary amides is 1. The molecule has 1 aromatic carbocycles. The predicted octanol–water partition coefficient (Wildman–Crippen LogP) is 0.622. The Labute approximate surface area is 135 Å². The second kappa shape index (κ2) is 9.07. The minimum Gasteiger partial charge on any atom is -0.484 e. The van der Waals surface area contributed by atoms with Crippen molar-refractivity contribution in [2.45, 2.75) is 6.42 Å². The first-order valence-electron chi connectivity index (χ1n) is 6.83. The van der Waals surface area contributed by atoms with Crippen molar-refractivity contribution in [3.05, 3.63) is 41.5 Å². The maximum atomic E-state index is 12.0. The third-order valence-corrected chi connectivity index (χ3v) is 3.13. The molecule has 0 spiro atoms. The molecule has 0 fully saturated rings. The molecular weight excluding hydrogens is 306 g/mol. The van der Waals surface area contributed by atoms with E-state index in [2.05, 4.69) is 16.7 Å². The largest absolute Gasteiger partial charge is 0.484 e. The fourth-order valence-electron chi connectivity index (χ4n) is 1.98. The Bertz CT molecular complexity index is 543. The average molecular weight is 326 g/mol. The lowest BCUT2D eigenvalue weighted by molar-refractivity contribution is -0.119. The highest BCUT2D eigenvalue weighted by Crippen LogP contribution is 2.12. The number of amides is 2. The molecule has 1 aliphatic rings. The summed E-state index contributed by atoms with van der Waals surface area (Å²) in [6.45, 7) is 2.21. The van der Waals surface area contributed by atoms with Gasteiger partial charge >= 0.3 is 0 Å². The molecule has 1 aliphatic heterocycles. The summed E-state index contributed by atoms with van der Waals surface area (Å²) in [7, 11) is 0. The number of nitrogens with two attached hydrogens (primary N) is 1. The van der Waals surface area contributed by atoms with Gasteiger partial charge in [-0.3, -0.25) is 9.59 Å². The van der Waals surface area contributed by atoms with Gasteiger partial charge in [-0.15, -0.1) is 12.4 Å². The molecule has 0 aliphatic carbocycles. The summed E-state index contributed by atoms with van der Waals surface area (Å²) >= 11 is 0. The van der Waals surface area contributed by atoms with Gasteiger partial charge in [0.05, 0.1) is 0 Å². The van der Waals surface area contributed by atoms with Crippen LogP contribution in [0.4, 0.5) is 0 Å². The highest BCUT2D eigenvalue weighted by Gasteiger charge is 2.08. The van der Waals surface area contributed by atoms with Gasteiger partial charge in [0.2, 0.25) is 0 Å². The van der Waals surface area contributed by atoms with Crippen LogP contribution in [-0.4, -0.2) is 38.1 Å². The third kappa shape index (κ3) is 5.75. The van der Waals surface area contributed by atoms with E-state index in [1.165, 1.54) is 5.57 Å². The lowest BCUT2D eigenvalue weighted by Gasteiger charge is -2.14. The Hall–Kier alpha value is -2.05. The van der Waals surface area contributed by atoms with Crippen LogP contribution in [0.1, 0.15) is 16.8 Å². The molecule has 2 amide bonds. The maximum absolute atomic E-state index is 12.0. The van der Waals surface area contributed by atoms with Crippen molar-refractivity contribution >= 4 is 24.2 Å². The summed E-state index contributed by atoms with van der Waals surface area (Å²) in [6, 6.07) is 6.59. The van der Waals surface area contributed by atoms with Gasteiger partial charge in [0, 0.05) is 18.7 Å². The van der Waals surface area contributed by atoms with Crippen LogP contribution in [0.25, 0.3) is 0 Å². The van der Waals surface area contributed by atoms with Crippen molar-refractivity contribution in [2.75, 3.05) is 26.2 Å². The number of hydrogen-bond acceptors (Lipinski definition) is 4. The van der Waals surface area contributed by atoms with Crippen molar-refractivity contribution < 1.29 is 14.3 Å². The lowest BCUT2D eigenvalue weighted by Crippen LogP contribution is -2.29. The average Bonchev–Trinajstić information content (AvgIpc) is 2.52. The van der Waals surface area contributed by atoms with Gasteiger partial charge in [-0.2, -0.15) is 0 Å². The van der Waals surface area contributed by atoms with E-state index >= 15 is 0 Å². The first-order chi connectivity index (χ1) is 10.1. The molecule has 1 aromatic rings. The number of ether oxygens (including phenoxy) is 1. The van der Waals surface area contributed by atoms with E-state index in [0.717, 1.165) is 19.5 Å². The molecule has 0 unspecified atom stereocenters. The Kier molecular flexibility index (Phi) is 7.42. The second-order valence-electron chi connectivity index (χ2n) is 4.78. The van der Waals surface area contributed by atoms with Crippen LogP contribution in [0, 0.1) is 0 Å². The number of halogens is 1. The van der Waals surface area contributed by atoms with Gasteiger partial charge in [-0.25, -0.2) is 0 Å². The standard InChI is InChI=1S/C15H19N3O3.ClH/c16-14(19)10-21-13-3-1-12(2-4-13)15(20)18-9-11-5-7-17-8-6-11;/h1-5,17H,6-10H2,(H2,16,19)(H,18,20);1H. The normalized spacial score (nSPS) is 13.5. The number of benzene rings is 1. The van der Waals surface area contributed by atoms with Gasteiger partial charge < -0.3 is 21.1 Å². The van der Waals surface area contributed by atoms with E-state index in [4.69, 9.17) is 10.5 Å². The first-order valence-corrected chi connectivity index (χ1v) is 6.83. The van der Waals surface area contributed by atoms with Crippen LogP contribution in [0.5, 0.6) is 5.75 Å². The SMILES string of the molecule is Cl.NC(=O)COc1ccc(C(=O)NCC2=CCNCC2)cc1. The van der Waals surface area contributed by atoms with Crippen LogP contribution in [0.2, 0.25) is 0 Å². The molecule has 22 heavy (non-hydrogen) atoms. The summed E-state index contributed by atoms with van der Waals surface area (Å²) in [5.74, 6) is -0.158. The smallest absolute Gasteiger partial charge is 0.255 e. The Balaban J connectivity index is 0.00000242. The molecule has 0 saturated heterocycles. The van der Waals surface area contributed by atoms with Crippen molar-refractivity contribution in [1.29, 1.82) is 0 Å². The lowest BCUT2D eigenvalue weighted by atomic mass is 10.1. The van der Waals surface area contributed by atoms with Gasteiger partial charge in [0.1, 0.15) is 5.75 Å². The molecule has 4 N–H and O–H groups in total. The van der Waals surface area contributed by atoms with E-state index in [0.29, 0.717) is 17.9 Å². The minimum absolute atomic E-state index is 0. The van der Waals surface area contributed by atoms with E-state index in [9.17, 15) is 9.59 Å². The maximum Gasteiger partial charge on any atom is 0.255 e. The molecule has 0 bridgehead atoms. The van der Waals surface area contributed by atoms with Crippen molar-refractivity contribution in [1.82, 2.24) is 10.6 Å². The van der Waals surface area contributed by atoms with Crippen LogP contribution in [-0.2, 0) is 4.79 Å². The molecule has 0 aromatic heterocycles. The number of carbonyl (C=O) groups excluding carboxylic acids is 2. The summed E-state index contributed by atoms with van der Waals surface area (Å²) in [6.07, 6.45) is 3.06. The van der Waals surface area contributed by atoms with E-state index in [1.54, 1.807) is 24.3 Å². The molecule has 7 heteroatoms. The van der Waals surface area contributed by atoms with E-state index in [1.807, 2.05) is 0 Å². The monoisotopic (exact) mass is 325 g/mol. The highest BCUT2D eigenvalue weighted by atomic mass is 35.5. The Morgan fingerprint density at radius 3 is 2.59 bits per heavy atom. The zero-order valence-corrected chi connectivity index (χ0v) is 12.9. The van der Waals surface area contributed by atoms with Gasteiger partial charge in [-0.1, -0.05) is 11.6 Å². The molecule has 120 valence electrons. The Morgan fingerprint density at radius 1 is 1.27 bits per heavy atom. The first kappa shape index (κ1) is 18.0. The molecule has 1 heterocycles. The number of nitrogens with one attached hydrogen (secondary N) is 2. The molecule has 0 saturated carbocycles. The van der Waals surface area contributed by atoms with E-state index < -0.39 is 5.91 Å². The van der Waals surface area contributed by atoms with Gasteiger partial charge in [0.15, 0.2) is 6.61 Å². The summed E-state index contributed by atoms with van der Waals surface area (Å²) in [5, 5.41) is 6.11. The molecule has 0 radical (unpaired) electrons. The van der Waals surface area contributed by atoms with E-state index in [-0.39, 0.29) is 24.9 Å². The van der Waals surface area contributed by atoms with Crippen molar-refractivity contribution in [3.8, 4) is 5.75 Å².